The van der Waals surface area contributed by atoms with E-state index in [1.54, 1.807) is 24.3 Å². The summed E-state index contributed by atoms with van der Waals surface area (Å²) in [7, 11) is 12.7. The van der Waals surface area contributed by atoms with Crippen molar-refractivity contribution in [2.45, 2.75) is 10.8 Å². The molecule has 0 aliphatic heterocycles. The molecule has 0 unspecified atom stereocenters. The van der Waals surface area contributed by atoms with Gasteiger partial charge < -0.3 is 121 Å². The molecule has 408 valence electrons. The van der Waals surface area contributed by atoms with Crippen molar-refractivity contribution in [1.82, 2.24) is 9.97 Å². The average Bonchev–Trinajstić information content (AvgIpc) is 3.17. The van der Waals surface area contributed by atoms with Gasteiger partial charge in [0.25, 0.3) is 0 Å². The van der Waals surface area contributed by atoms with Gasteiger partial charge in [0.15, 0.2) is 0 Å². The number of nitrogens with zero attached hydrogens (tertiary/aromatic N) is 4. The Morgan fingerprint density at radius 2 is 0.485 bits per heavy atom. The molecule has 0 atom stereocenters. The Morgan fingerprint density at radius 1 is 0.397 bits per heavy atom. The van der Waals surface area contributed by atoms with Gasteiger partial charge >= 0.3 is 74.2 Å². The Hall–Kier alpha value is -0.422. The van der Waals surface area contributed by atoms with Crippen LogP contribution in [0.4, 0.5) is 0 Å². The number of rotatable bonds is 8. The summed E-state index contributed by atoms with van der Waals surface area (Å²) in [5.41, 5.74) is -1.57. The van der Waals surface area contributed by atoms with E-state index in [2.05, 4.69) is 66.3 Å². The smallest absolute Gasteiger partial charge is 2.00 e. The molecule has 4 radical (unpaired) electrons. The van der Waals surface area contributed by atoms with Gasteiger partial charge in [-0.05, 0) is 35.4 Å². The molecule has 2 heterocycles. The third kappa shape index (κ3) is 132. The van der Waals surface area contributed by atoms with Crippen LogP contribution in [0.25, 0.3) is 0 Å². The first-order valence-electron chi connectivity index (χ1n) is 15.5. The zero-order valence-corrected chi connectivity index (χ0v) is 47.5. The second-order valence-electron chi connectivity index (χ2n) is 12.1. The predicted octanol–water partition coefficient (Wildman–Crippen LogP) is -11.7. The number of aromatic nitrogens is 2. The summed E-state index contributed by atoms with van der Waals surface area (Å²) in [6.45, 7) is -3.98. The van der Waals surface area contributed by atoms with E-state index in [-0.39, 0.29) is 107 Å². The van der Waals surface area contributed by atoms with Gasteiger partial charge in [-0.25, -0.2) is 0 Å². The maximum atomic E-state index is 10.8. The first kappa shape index (κ1) is 132. The van der Waals surface area contributed by atoms with Crippen LogP contribution >= 0.6 is 0 Å². The van der Waals surface area contributed by atoms with Crippen LogP contribution in [0.1, 0.15) is 11.1 Å². The quantitative estimate of drug-likeness (QED) is 0.0812. The van der Waals surface area contributed by atoms with Crippen molar-refractivity contribution < 1.29 is 212 Å². The number of hydrogen-bond donors (Lipinski definition) is 6. The minimum atomic E-state index is -5.17. The summed E-state index contributed by atoms with van der Waals surface area (Å²) in [4.78, 5) is 7.51. The summed E-state index contributed by atoms with van der Waals surface area (Å²) in [6.07, 6.45) is 5.91. The van der Waals surface area contributed by atoms with E-state index in [0.717, 1.165) is 51.6 Å². The maximum absolute atomic E-state index is 10.8. The van der Waals surface area contributed by atoms with E-state index in [1.807, 2.05) is 0 Å². The summed E-state index contributed by atoms with van der Waals surface area (Å²) in [6, 6.07) is 6.20. The molecule has 0 amide bonds. The molecule has 0 aromatic carbocycles. The van der Waals surface area contributed by atoms with Gasteiger partial charge in [0.2, 0.25) is 0 Å². The number of hydrogen-bond acceptors (Lipinski definition) is 22. The van der Waals surface area contributed by atoms with Crippen molar-refractivity contribution in [3.8, 4) is 0 Å². The van der Waals surface area contributed by atoms with Crippen molar-refractivity contribution >= 4 is 20.8 Å². The van der Waals surface area contributed by atoms with Gasteiger partial charge in [-0.2, -0.15) is 0 Å². The Morgan fingerprint density at radius 3 is 0.559 bits per heavy atom. The van der Waals surface area contributed by atoms with Gasteiger partial charge in [-0.1, -0.05) is 10.8 Å². The first-order valence-corrected chi connectivity index (χ1v) is 18.1. The zero-order chi connectivity index (χ0) is 49.5. The van der Waals surface area contributed by atoms with E-state index in [1.165, 1.54) is 24.8 Å². The predicted molar refractivity (Wildman–Crippen MR) is 209 cm³/mol. The molecule has 68 heavy (non-hydrogen) atoms. The van der Waals surface area contributed by atoms with Crippen LogP contribution < -0.4 is 30.6 Å². The molecule has 0 saturated carbocycles. The Labute approximate surface area is 450 Å². The molecule has 2 aromatic rings. The summed E-state index contributed by atoms with van der Waals surface area (Å²) < 4.78 is 70.2. The fourth-order valence-corrected chi connectivity index (χ4v) is 2.16. The molecule has 0 saturated heterocycles. The van der Waals surface area contributed by atoms with Crippen LogP contribution in [0.3, 0.4) is 0 Å². The molecule has 0 spiro atoms. The SMILES string of the molecule is CO.CO.CO.CO.CO.CO.C[N+](C)(C)C.C[N+](C)(C)C.O.O.O=S(=O)([O-])[O-].O=S(=O)([O-])[O-].[O-2].[O-2].[O-2].[O-2].[O-]CC(C[O-])(C[O-])c1ccncc1.[O-]CC(C[O-])(C[O-])c1ccncc1.[V+4].[V+4].[V+4].[V+4]. The Balaban J connectivity index is -0.0000000218. The fourth-order valence-electron chi connectivity index (χ4n) is 2.16. The topological polar surface area (TPSA) is 623 Å². The minimum Gasteiger partial charge on any atom is -2.00 e. The molecule has 0 aliphatic carbocycles. The monoisotopic (exact) mass is 1200 g/mol. The first-order chi connectivity index (χ1) is 26.6. The molecular formula is C32H72N4O26S2V4. The van der Waals surface area contributed by atoms with Crippen LogP contribution in [0.5, 0.6) is 0 Å². The molecular weight excluding hydrogens is 1120 g/mol. The molecule has 30 nitrogen and oxygen atoms in total. The summed E-state index contributed by atoms with van der Waals surface area (Å²) >= 11 is 0. The second kappa shape index (κ2) is 86.4. The molecule has 36 heteroatoms. The van der Waals surface area contributed by atoms with Crippen molar-refractivity contribution in [1.29, 1.82) is 0 Å². The van der Waals surface area contributed by atoms with E-state index in [9.17, 15) is 30.6 Å². The van der Waals surface area contributed by atoms with Crippen molar-refractivity contribution in [3.63, 3.8) is 0 Å². The zero-order valence-electron chi connectivity index (χ0n) is 40.3. The van der Waals surface area contributed by atoms with Gasteiger partial charge in [0, 0.05) is 88.2 Å². The maximum Gasteiger partial charge on any atom is 4.00 e. The average molecular weight is 1200 g/mol. The van der Waals surface area contributed by atoms with E-state index < -0.39 is 71.3 Å². The Bertz CT molecular complexity index is 1120. The standard InChI is InChI=1S/2C9H10NO3.2C4H12N.6CH4O.2H2O4S.2H2O.4O.4V/c2*11-5-9(6-12,7-13)8-1-3-10-4-2-8;2*1-5(2,3)4;6*1-2;2*1-5(2,3)4;;;;;;;;;;/h2*1-4H,5-7H2;2*1-4H3;6*2H,1H3;2*(H2,1,2,3,4);2*1H2;;;;;;;;/q2*-3;2*+1;;;;;;;;;;;4*-2;4*+4/p-4. The number of quaternary nitrogens is 2. The third-order valence-corrected chi connectivity index (χ3v) is 4.24. The number of aliphatic hydroxyl groups is 6. The fraction of sp³-hybridized carbons (Fsp3) is 0.688. The van der Waals surface area contributed by atoms with E-state index >= 15 is 0 Å². The van der Waals surface area contributed by atoms with Crippen molar-refractivity contribution in [3.05, 3.63) is 60.2 Å². The van der Waals surface area contributed by atoms with Gasteiger partial charge in [0.05, 0.1) is 56.4 Å². The van der Waals surface area contributed by atoms with Gasteiger partial charge in [0.1, 0.15) is 0 Å². The van der Waals surface area contributed by atoms with Gasteiger partial charge in [-0.3, -0.25) is 26.8 Å². The second-order valence-corrected chi connectivity index (χ2v) is 13.7. The molecule has 0 bridgehead atoms. The minimum absolute atomic E-state index is 0. The number of aliphatic hydroxyl groups excluding tert-OH is 6. The van der Waals surface area contributed by atoms with Crippen LogP contribution in [0.15, 0.2) is 49.1 Å². The van der Waals surface area contributed by atoms with Gasteiger partial charge in [-0.15, -0.1) is 39.6 Å². The van der Waals surface area contributed by atoms with Crippen LogP contribution in [-0.2, 0) is 128 Å². The summed E-state index contributed by atoms with van der Waals surface area (Å²) in [5.74, 6) is 0. The Kier molecular flexibility index (Phi) is 168. The molecule has 2 rings (SSSR count). The molecule has 0 aliphatic rings. The van der Waals surface area contributed by atoms with Crippen molar-refractivity contribution in [2.75, 3.05) is 139 Å². The number of pyridine rings is 2. The summed E-state index contributed by atoms with van der Waals surface area (Å²) in [5, 5.41) is 107. The molecule has 2 aromatic heterocycles. The molecule has 10 N–H and O–H groups in total. The normalized spacial score (nSPS) is 8.44. The third-order valence-electron chi connectivity index (χ3n) is 4.24. The molecule has 0 fully saturated rings. The van der Waals surface area contributed by atoms with E-state index in [0.29, 0.717) is 11.1 Å². The van der Waals surface area contributed by atoms with Crippen LogP contribution in [0.2, 0.25) is 0 Å². The van der Waals surface area contributed by atoms with E-state index in [4.69, 9.17) is 65.7 Å². The largest absolute Gasteiger partial charge is 4.00 e. The van der Waals surface area contributed by atoms with Crippen LogP contribution in [-0.4, -0.2) is 234 Å². The van der Waals surface area contributed by atoms with Crippen LogP contribution in [0, 0.1) is 0 Å². The van der Waals surface area contributed by atoms with Crippen molar-refractivity contribution in [2.24, 2.45) is 0 Å².